The summed E-state index contributed by atoms with van der Waals surface area (Å²) in [7, 11) is -8.29. The Bertz CT molecular complexity index is 1160. The molecular weight excluding hydrogens is 628 g/mol. The van der Waals surface area contributed by atoms with E-state index in [-0.39, 0.29) is 19.2 Å². The number of halogens is 2. The minimum absolute atomic E-state index is 0.0869. The van der Waals surface area contributed by atoms with Gasteiger partial charge in [0.2, 0.25) is 0 Å². The zero-order valence-corrected chi connectivity index (χ0v) is 27.7. The van der Waals surface area contributed by atoms with Crippen LogP contribution >= 0.6 is 23.2 Å². The Hall–Kier alpha value is -0.875. The minimum atomic E-state index is -4.39. The average Bonchev–Trinajstić information content (AvgIpc) is 3.25. The van der Waals surface area contributed by atoms with Gasteiger partial charge < -0.3 is 18.8 Å². The van der Waals surface area contributed by atoms with Gasteiger partial charge in [-0.2, -0.15) is 16.8 Å². The highest BCUT2D eigenvalue weighted by atomic mass is 35.5. The summed E-state index contributed by atoms with van der Waals surface area (Å²) in [5, 5.41) is -1.86. The van der Waals surface area contributed by atoms with Crippen molar-refractivity contribution in [3.8, 4) is 0 Å². The molecule has 0 unspecified atom stereocenters. The van der Waals surface area contributed by atoms with Gasteiger partial charge in [-0.3, -0.25) is 13.3 Å². The molecule has 2 fully saturated rings. The van der Waals surface area contributed by atoms with Crippen molar-refractivity contribution in [3.63, 3.8) is 0 Å². The van der Waals surface area contributed by atoms with Gasteiger partial charge in [-0.05, 0) is 61.2 Å². The highest BCUT2D eigenvalue weighted by molar-refractivity contribution is 7.88. The fraction of sp³-hybridized carbons (Fsp3) is 0.913. The standard InChI is InChI=1S/C23H40BCl2NO12S2/c1-20(2,3)36-19(29)27-12-16(37-41(32,33)15-26)23(17(27)18(28)34-8,13-35-40(30,31)14-25)10-9-11-24-38-21(4,5)22(6,7)39-24/h16-17H,9-15H2,1-8H3/t16-,17-,23+/m1/s1. The Balaban J connectivity index is 2.59. The highest BCUT2D eigenvalue weighted by Gasteiger charge is 2.62. The first-order valence-corrected chi connectivity index (χ1v) is 17.1. The first-order valence-electron chi connectivity index (χ1n) is 12.9. The number of hydrogen-bond donors (Lipinski definition) is 0. The lowest BCUT2D eigenvalue weighted by molar-refractivity contribution is -0.151. The van der Waals surface area contributed by atoms with Gasteiger partial charge in [0.15, 0.2) is 0 Å². The third kappa shape index (κ3) is 8.83. The molecule has 0 aromatic rings. The van der Waals surface area contributed by atoms with Crippen LogP contribution in [0.25, 0.3) is 0 Å². The first kappa shape index (κ1) is 36.3. The van der Waals surface area contributed by atoms with Crippen LogP contribution in [0.4, 0.5) is 4.79 Å². The fourth-order valence-corrected chi connectivity index (χ4v) is 6.17. The molecule has 3 atom stereocenters. The quantitative estimate of drug-likeness (QED) is 0.130. The Morgan fingerprint density at radius 2 is 1.54 bits per heavy atom. The molecule has 0 aromatic heterocycles. The van der Waals surface area contributed by atoms with Crippen LogP contribution in [0.3, 0.4) is 0 Å². The van der Waals surface area contributed by atoms with E-state index in [1.807, 2.05) is 27.7 Å². The van der Waals surface area contributed by atoms with Crippen molar-refractivity contribution in [3.05, 3.63) is 0 Å². The van der Waals surface area contributed by atoms with E-state index in [0.29, 0.717) is 0 Å². The highest BCUT2D eigenvalue weighted by Crippen LogP contribution is 2.47. The molecule has 0 aliphatic carbocycles. The topological polar surface area (TPSA) is 161 Å². The SMILES string of the molecule is COC(=O)[C@H]1N(C(=O)OC(C)(C)C)C[C@@H](OS(=O)(=O)CCl)[C@]1(CCCB1OC(C)(C)C(C)(C)O1)COS(=O)(=O)CCl. The van der Waals surface area contributed by atoms with Crippen molar-refractivity contribution in [2.75, 3.05) is 30.7 Å². The van der Waals surface area contributed by atoms with Crippen molar-refractivity contribution in [1.82, 2.24) is 4.90 Å². The number of carbonyl (C=O) groups is 2. The lowest BCUT2D eigenvalue weighted by Gasteiger charge is -2.38. The van der Waals surface area contributed by atoms with E-state index >= 15 is 0 Å². The average molecular weight is 668 g/mol. The number of methoxy groups -OCH3 is 1. The fourth-order valence-electron chi connectivity index (χ4n) is 4.71. The summed E-state index contributed by atoms with van der Waals surface area (Å²) in [4.78, 5) is 27.5. The molecule has 41 heavy (non-hydrogen) atoms. The minimum Gasteiger partial charge on any atom is -0.467 e. The number of rotatable bonds is 12. The van der Waals surface area contributed by atoms with Crippen LogP contribution in [0.1, 0.15) is 61.3 Å². The summed E-state index contributed by atoms with van der Waals surface area (Å²) in [6, 6.07) is -1.57. The lowest BCUT2D eigenvalue weighted by atomic mass is 9.71. The summed E-state index contributed by atoms with van der Waals surface area (Å²) >= 11 is 11.1. The number of nitrogens with zero attached hydrogens (tertiary/aromatic N) is 1. The molecule has 2 aliphatic heterocycles. The summed E-state index contributed by atoms with van der Waals surface area (Å²) in [6.45, 7) is 11.1. The maximum absolute atomic E-state index is 13.3. The van der Waals surface area contributed by atoms with E-state index in [2.05, 4.69) is 0 Å². The van der Waals surface area contributed by atoms with Gasteiger partial charge in [0.25, 0.3) is 20.2 Å². The lowest BCUT2D eigenvalue weighted by Crippen LogP contribution is -2.53. The van der Waals surface area contributed by atoms with Gasteiger partial charge in [-0.1, -0.05) is 6.42 Å². The smallest absolute Gasteiger partial charge is 0.457 e. The van der Waals surface area contributed by atoms with Gasteiger partial charge in [-0.15, -0.1) is 23.2 Å². The van der Waals surface area contributed by atoms with Crippen LogP contribution in [0.15, 0.2) is 0 Å². The number of alkyl halides is 2. The molecule has 2 aliphatic rings. The van der Waals surface area contributed by atoms with Crippen LogP contribution in [0.5, 0.6) is 0 Å². The molecule has 2 saturated heterocycles. The third-order valence-electron chi connectivity index (χ3n) is 7.33. The maximum atomic E-state index is 13.3. The zero-order valence-electron chi connectivity index (χ0n) is 24.6. The number of esters is 1. The van der Waals surface area contributed by atoms with Crippen LogP contribution in [0, 0.1) is 5.41 Å². The summed E-state index contributed by atoms with van der Waals surface area (Å²) < 4.78 is 82.9. The predicted octanol–water partition coefficient (Wildman–Crippen LogP) is 3.09. The Morgan fingerprint density at radius 1 is 1.00 bits per heavy atom. The van der Waals surface area contributed by atoms with Gasteiger partial charge >= 0.3 is 19.2 Å². The molecule has 0 radical (unpaired) electrons. The molecular formula is C23H40BCl2NO12S2. The maximum Gasteiger partial charge on any atom is 0.457 e. The summed E-state index contributed by atoms with van der Waals surface area (Å²) in [5.74, 6) is -0.965. The molecule has 0 spiro atoms. The van der Waals surface area contributed by atoms with Crippen LogP contribution in [0.2, 0.25) is 6.32 Å². The molecule has 13 nitrogen and oxygen atoms in total. The molecule has 2 heterocycles. The predicted molar refractivity (Wildman–Crippen MR) is 151 cm³/mol. The second kappa shape index (κ2) is 13.0. The summed E-state index contributed by atoms with van der Waals surface area (Å²) in [5.41, 5.74) is -4.01. The Labute approximate surface area is 253 Å². The number of carbonyl (C=O) groups excluding carboxylic acids is 2. The van der Waals surface area contributed by atoms with Gasteiger partial charge in [0, 0.05) is 0 Å². The second-order valence-electron chi connectivity index (χ2n) is 12.1. The van der Waals surface area contributed by atoms with E-state index in [1.165, 1.54) is 0 Å². The molecule has 0 N–H and O–H groups in total. The number of amides is 1. The van der Waals surface area contributed by atoms with Crippen molar-refractivity contribution >= 4 is 62.6 Å². The van der Waals surface area contributed by atoms with Gasteiger partial charge in [0.05, 0.1) is 36.9 Å². The monoisotopic (exact) mass is 667 g/mol. The first-order chi connectivity index (χ1) is 18.6. The number of ether oxygens (including phenoxy) is 2. The van der Waals surface area contributed by atoms with Crippen molar-refractivity contribution in [2.24, 2.45) is 5.41 Å². The Kier molecular flexibility index (Phi) is 11.5. The molecule has 1 amide bonds. The van der Waals surface area contributed by atoms with Gasteiger partial charge in [0.1, 0.15) is 28.2 Å². The Morgan fingerprint density at radius 3 is 2.00 bits per heavy atom. The van der Waals surface area contributed by atoms with Crippen molar-refractivity contribution in [1.29, 1.82) is 0 Å². The molecule has 0 aromatic carbocycles. The number of likely N-dealkylation sites (tertiary alicyclic amines) is 1. The molecule has 2 rings (SSSR count). The molecule has 238 valence electrons. The summed E-state index contributed by atoms with van der Waals surface area (Å²) in [6.07, 6.45) is -2.07. The van der Waals surface area contributed by atoms with Crippen LogP contribution in [-0.4, -0.2) is 101 Å². The van der Waals surface area contributed by atoms with E-state index in [1.54, 1.807) is 20.8 Å². The molecule has 18 heteroatoms. The van der Waals surface area contributed by atoms with Gasteiger partial charge in [-0.25, -0.2) is 9.59 Å². The van der Waals surface area contributed by atoms with E-state index in [0.717, 1.165) is 12.0 Å². The molecule has 0 bridgehead atoms. The van der Waals surface area contributed by atoms with E-state index in [4.69, 9.17) is 50.4 Å². The molecule has 0 saturated carbocycles. The second-order valence-corrected chi connectivity index (χ2v) is 16.5. The van der Waals surface area contributed by atoms with Crippen molar-refractivity contribution < 1.29 is 53.6 Å². The van der Waals surface area contributed by atoms with Crippen LogP contribution < -0.4 is 0 Å². The third-order valence-corrected chi connectivity index (χ3v) is 10.5. The van der Waals surface area contributed by atoms with Crippen molar-refractivity contribution in [2.45, 2.75) is 96.6 Å². The largest absolute Gasteiger partial charge is 0.467 e. The number of hydrogen-bond acceptors (Lipinski definition) is 12. The van der Waals surface area contributed by atoms with Crippen LogP contribution in [-0.2, 0) is 52.2 Å². The zero-order chi connectivity index (χ0) is 31.7. The van der Waals surface area contributed by atoms with E-state index < -0.39 is 97.4 Å². The normalized spacial score (nSPS) is 26.3. The van der Waals surface area contributed by atoms with E-state index in [9.17, 15) is 26.4 Å².